The third-order valence-electron chi connectivity index (χ3n) is 5.17. The molecule has 4 nitrogen and oxygen atoms in total. The van der Waals surface area contributed by atoms with Crippen molar-refractivity contribution in [3.05, 3.63) is 0 Å². The van der Waals surface area contributed by atoms with E-state index in [-0.39, 0.29) is 17.2 Å². The third-order valence-corrected chi connectivity index (χ3v) is 5.17. The first kappa shape index (κ1) is 15.1. The van der Waals surface area contributed by atoms with E-state index >= 15 is 0 Å². The lowest BCUT2D eigenvalue weighted by Crippen LogP contribution is -2.51. The Kier molecular flexibility index (Phi) is 3.90. The van der Waals surface area contributed by atoms with Crippen LogP contribution in [0.3, 0.4) is 0 Å². The number of amides is 1. The lowest BCUT2D eigenvalue weighted by atomic mass is 9.91. The SMILES string of the molecule is O=C(C1CC12CCNCC2)N1CCN(CC(F)(F)F)CC1. The molecule has 0 aromatic rings. The van der Waals surface area contributed by atoms with Gasteiger partial charge in [-0.05, 0) is 37.8 Å². The van der Waals surface area contributed by atoms with Crippen molar-refractivity contribution >= 4 is 5.91 Å². The molecule has 21 heavy (non-hydrogen) atoms. The number of halogens is 3. The largest absolute Gasteiger partial charge is 0.401 e. The maximum Gasteiger partial charge on any atom is 0.401 e. The number of alkyl halides is 3. The van der Waals surface area contributed by atoms with Gasteiger partial charge >= 0.3 is 6.18 Å². The molecule has 120 valence electrons. The number of piperidine rings is 1. The normalized spacial score (nSPS) is 29.7. The molecule has 0 bridgehead atoms. The van der Waals surface area contributed by atoms with Crippen molar-refractivity contribution in [2.24, 2.45) is 11.3 Å². The fraction of sp³-hybridized carbons (Fsp3) is 0.929. The molecule has 2 aliphatic heterocycles. The first-order valence-electron chi connectivity index (χ1n) is 7.68. The van der Waals surface area contributed by atoms with Crippen molar-refractivity contribution in [3.8, 4) is 0 Å². The summed E-state index contributed by atoms with van der Waals surface area (Å²) >= 11 is 0. The number of rotatable bonds is 2. The topological polar surface area (TPSA) is 35.6 Å². The molecule has 0 aromatic heterocycles. The molecular weight excluding hydrogens is 283 g/mol. The van der Waals surface area contributed by atoms with Crippen LogP contribution >= 0.6 is 0 Å². The Balaban J connectivity index is 1.48. The smallest absolute Gasteiger partial charge is 0.340 e. The van der Waals surface area contributed by atoms with Gasteiger partial charge in [-0.15, -0.1) is 0 Å². The van der Waals surface area contributed by atoms with Gasteiger partial charge in [0.15, 0.2) is 0 Å². The minimum absolute atomic E-state index is 0.119. The Labute approximate surface area is 122 Å². The zero-order valence-electron chi connectivity index (χ0n) is 12.1. The Bertz CT molecular complexity index is 399. The second-order valence-electron chi connectivity index (χ2n) is 6.59. The van der Waals surface area contributed by atoms with Crippen LogP contribution in [-0.4, -0.2) is 67.7 Å². The molecule has 7 heteroatoms. The summed E-state index contributed by atoms with van der Waals surface area (Å²) < 4.78 is 37.0. The van der Waals surface area contributed by atoms with Gasteiger partial charge in [0.05, 0.1) is 6.54 Å². The van der Waals surface area contributed by atoms with Crippen LogP contribution in [0.25, 0.3) is 0 Å². The second kappa shape index (κ2) is 5.43. The van der Waals surface area contributed by atoms with Gasteiger partial charge in [0.2, 0.25) is 5.91 Å². The van der Waals surface area contributed by atoms with Crippen LogP contribution in [0.1, 0.15) is 19.3 Å². The van der Waals surface area contributed by atoms with Crippen LogP contribution in [0.2, 0.25) is 0 Å². The molecule has 3 rings (SSSR count). The quantitative estimate of drug-likeness (QED) is 0.829. The molecule has 1 saturated carbocycles. The summed E-state index contributed by atoms with van der Waals surface area (Å²) in [6.07, 6.45) is -1.08. The van der Waals surface area contributed by atoms with Crippen LogP contribution in [0, 0.1) is 11.3 Å². The summed E-state index contributed by atoms with van der Waals surface area (Å²) in [7, 11) is 0. The van der Waals surface area contributed by atoms with E-state index in [9.17, 15) is 18.0 Å². The van der Waals surface area contributed by atoms with Crippen molar-refractivity contribution in [1.82, 2.24) is 15.1 Å². The van der Waals surface area contributed by atoms with Crippen molar-refractivity contribution in [2.75, 3.05) is 45.8 Å². The summed E-state index contributed by atoms with van der Waals surface area (Å²) in [5, 5.41) is 3.31. The molecule has 1 amide bonds. The van der Waals surface area contributed by atoms with Crippen molar-refractivity contribution in [2.45, 2.75) is 25.4 Å². The molecule has 0 aromatic carbocycles. The van der Waals surface area contributed by atoms with Crippen LogP contribution in [0.4, 0.5) is 13.2 Å². The second-order valence-corrected chi connectivity index (χ2v) is 6.59. The number of carbonyl (C=O) groups excluding carboxylic acids is 1. The number of hydrogen-bond donors (Lipinski definition) is 1. The molecule has 2 heterocycles. The molecule has 2 saturated heterocycles. The highest BCUT2D eigenvalue weighted by atomic mass is 19.4. The monoisotopic (exact) mass is 305 g/mol. The van der Waals surface area contributed by atoms with Crippen molar-refractivity contribution in [1.29, 1.82) is 0 Å². The number of carbonyl (C=O) groups is 1. The molecule has 3 fully saturated rings. The average Bonchev–Trinajstić information content (AvgIpc) is 3.11. The van der Waals surface area contributed by atoms with Gasteiger partial charge in [0.25, 0.3) is 0 Å². The molecule has 1 atom stereocenters. The Morgan fingerprint density at radius 3 is 2.33 bits per heavy atom. The molecule has 0 radical (unpaired) electrons. The van der Waals surface area contributed by atoms with Crippen LogP contribution < -0.4 is 5.32 Å². The Morgan fingerprint density at radius 2 is 1.76 bits per heavy atom. The van der Waals surface area contributed by atoms with Gasteiger partial charge in [0.1, 0.15) is 0 Å². The summed E-state index contributed by atoms with van der Waals surface area (Å²) in [6.45, 7) is 2.60. The Hall–Kier alpha value is -0.820. The molecule has 3 aliphatic rings. The maximum absolute atomic E-state index is 12.5. The predicted molar refractivity (Wildman–Crippen MR) is 71.7 cm³/mol. The van der Waals surface area contributed by atoms with Crippen LogP contribution in [0.5, 0.6) is 0 Å². The van der Waals surface area contributed by atoms with Gasteiger partial charge in [-0.3, -0.25) is 9.69 Å². The van der Waals surface area contributed by atoms with Gasteiger partial charge in [-0.25, -0.2) is 0 Å². The van der Waals surface area contributed by atoms with Crippen molar-refractivity contribution in [3.63, 3.8) is 0 Å². The summed E-state index contributed by atoms with van der Waals surface area (Å²) in [6, 6.07) is 0. The van der Waals surface area contributed by atoms with Crippen LogP contribution in [-0.2, 0) is 4.79 Å². The van der Waals surface area contributed by atoms with E-state index in [1.807, 2.05) is 0 Å². The van der Waals surface area contributed by atoms with Gasteiger partial charge in [-0.1, -0.05) is 0 Å². The first-order chi connectivity index (χ1) is 9.90. The minimum Gasteiger partial charge on any atom is -0.340 e. The average molecular weight is 305 g/mol. The minimum atomic E-state index is -4.15. The number of nitrogens with zero attached hydrogens (tertiary/aromatic N) is 2. The van der Waals surface area contributed by atoms with E-state index in [4.69, 9.17) is 0 Å². The van der Waals surface area contributed by atoms with Gasteiger partial charge in [-0.2, -0.15) is 13.2 Å². The highest BCUT2D eigenvalue weighted by Gasteiger charge is 2.58. The predicted octanol–water partition coefficient (Wildman–Crippen LogP) is 1.08. The fourth-order valence-corrected chi connectivity index (χ4v) is 3.77. The summed E-state index contributed by atoms with van der Waals surface area (Å²) in [5.74, 6) is 0.289. The zero-order valence-corrected chi connectivity index (χ0v) is 12.1. The maximum atomic E-state index is 12.5. The molecule has 1 spiro atoms. The van der Waals surface area contributed by atoms with E-state index in [1.165, 1.54) is 4.90 Å². The number of hydrogen-bond acceptors (Lipinski definition) is 3. The number of piperazine rings is 1. The highest BCUT2D eigenvalue weighted by Crippen LogP contribution is 2.59. The third kappa shape index (κ3) is 3.34. The van der Waals surface area contributed by atoms with Crippen LogP contribution in [0.15, 0.2) is 0 Å². The van der Waals surface area contributed by atoms with Gasteiger partial charge < -0.3 is 10.2 Å². The molecule has 1 unspecified atom stereocenters. The van der Waals surface area contributed by atoms with E-state index < -0.39 is 12.7 Å². The van der Waals surface area contributed by atoms with E-state index in [1.54, 1.807) is 4.90 Å². The lowest BCUT2D eigenvalue weighted by molar-refractivity contribution is -0.152. The molecule has 1 aliphatic carbocycles. The standard InChI is InChI=1S/C14H22F3N3O/c15-14(16,17)10-19-5-7-20(8-6-19)12(21)11-9-13(11)1-3-18-4-2-13/h11,18H,1-10H2. The summed E-state index contributed by atoms with van der Waals surface area (Å²) in [5.41, 5.74) is 0.200. The van der Waals surface area contributed by atoms with E-state index in [0.29, 0.717) is 26.2 Å². The highest BCUT2D eigenvalue weighted by molar-refractivity contribution is 5.82. The summed E-state index contributed by atoms with van der Waals surface area (Å²) in [4.78, 5) is 15.6. The molecule has 1 N–H and O–H groups in total. The zero-order chi connectivity index (χ0) is 15.1. The fourth-order valence-electron chi connectivity index (χ4n) is 3.77. The molecular formula is C14H22F3N3O. The first-order valence-corrected chi connectivity index (χ1v) is 7.68. The van der Waals surface area contributed by atoms with Crippen molar-refractivity contribution < 1.29 is 18.0 Å². The lowest BCUT2D eigenvalue weighted by Gasteiger charge is -2.35. The van der Waals surface area contributed by atoms with E-state index in [2.05, 4.69) is 5.32 Å². The Morgan fingerprint density at radius 1 is 1.14 bits per heavy atom. The van der Waals surface area contributed by atoms with E-state index in [0.717, 1.165) is 32.4 Å². The van der Waals surface area contributed by atoms with Gasteiger partial charge in [0, 0.05) is 32.1 Å². The number of nitrogens with one attached hydrogen (secondary N) is 1.